The molecular weight excluding hydrogens is 323 g/mol. The van der Waals surface area contributed by atoms with E-state index in [4.69, 9.17) is 28.5 Å². The van der Waals surface area contributed by atoms with Crippen LogP contribution in [0.4, 0.5) is 5.69 Å². The third-order valence-electron chi connectivity index (χ3n) is 2.78. The van der Waals surface area contributed by atoms with Gasteiger partial charge in [0.1, 0.15) is 17.4 Å². The van der Waals surface area contributed by atoms with Gasteiger partial charge in [-0.2, -0.15) is 5.26 Å². The number of anilines is 1. The van der Waals surface area contributed by atoms with E-state index in [9.17, 15) is 9.90 Å². The van der Waals surface area contributed by atoms with Crippen molar-refractivity contribution in [3.63, 3.8) is 0 Å². The van der Waals surface area contributed by atoms with Gasteiger partial charge in [-0.05, 0) is 42.5 Å². The first-order valence-corrected chi connectivity index (χ1v) is 6.93. The molecule has 2 rings (SSSR count). The first-order valence-electron chi connectivity index (χ1n) is 6.17. The molecular formula is C16H10Cl2N2O2. The molecule has 1 amide bonds. The number of carbonyl (C=O) groups excluding carboxylic acids is 1. The van der Waals surface area contributed by atoms with E-state index in [2.05, 4.69) is 5.32 Å². The van der Waals surface area contributed by atoms with Crippen LogP contribution in [-0.2, 0) is 4.79 Å². The zero-order chi connectivity index (χ0) is 16.1. The van der Waals surface area contributed by atoms with Crippen molar-refractivity contribution in [2.75, 3.05) is 5.32 Å². The smallest absolute Gasteiger partial charge is 0.266 e. The Morgan fingerprint density at radius 2 is 1.73 bits per heavy atom. The summed E-state index contributed by atoms with van der Waals surface area (Å²) in [6.07, 6.45) is 1.33. The van der Waals surface area contributed by atoms with Crippen LogP contribution < -0.4 is 5.32 Å². The number of amides is 1. The molecule has 0 aliphatic heterocycles. The third kappa shape index (κ3) is 3.79. The summed E-state index contributed by atoms with van der Waals surface area (Å²) in [7, 11) is 0. The Balaban J connectivity index is 2.28. The molecule has 0 fully saturated rings. The minimum atomic E-state index is -0.593. The average molecular weight is 333 g/mol. The molecule has 0 spiro atoms. The van der Waals surface area contributed by atoms with Crippen LogP contribution in [0.3, 0.4) is 0 Å². The van der Waals surface area contributed by atoms with E-state index in [0.717, 1.165) is 0 Å². The summed E-state index contributed by atoms with van der Waals surface area (Å²) in [6.45, 7) is 0. The molecule has 22 heavy (non-hydrogen) atoms. The van der Waals surface area contributed by atoms with E-state index in [1.165, 1.54) is 30.3 Å². The lowest BCUT2D eigenvalue weighted by Gasteiger charge is -2.06. The molecule has 0 aliphatic rings. The van der Waals surface area contributed by atoms with Crippen molar-refractivity contribution in [2.24, 2.45) is 0 Å². The summed E-state index contributed by atoms with van der Waals surface area (Å²) in [5.41, 5.74) is 0.723. The second-order valence-electron chi connectivity index (χ2n) is 4.31. The monoisotopic (exact) mass is 332 g/mol. The predicted molar refractivity (Wildman–Crippen MR) is 86.8 cm³/mol. The predicted octanol–water partition coefficient (Wildman–Crippen LogP) is 4.24. The molecule has 4 nitrogen and oxygen atoms in total. The number of nitrogens with zero attached hydrogens (tertiary/aromatic N) is 1. The molecule has 6 heteroatoms. The minimum Gasteiger partial charge on any atom is -0.508 e. The number of hydrogen-bond acceptors (Lipinski definition) is 3. The molecule has 0 atom stereocenters. The Morgan fingerprint density at radius 3 is 2.27 bits per heavy atom. The van der Waals surface area contributed by atoms with Crippen molar-refractivity contribution >= 4 is 40.9 Å². The number of nitriles is 1. The van der Waals surface area contributed by atoms with Crippen molar-refractivity contribution in [1.82, 2.24) is 0 Å². The van der Waals surface area contributed by atoms with Crippen LogP contribution in [-0.4, -0.2) is 11.0 Å². The summed E-state index contributed by atoms with van der Waals surface area (Å²) in [6, 6.07) is 12.6. The van der Waals surface area contributed by atoms with Crippen LogP contribution in [0.25, 0.3) is 6.08 Å². The highest BCUT2D eigenvalue weighted by Gasteiger charge is 2.12. The summed E-state index contributed by atoms with van der Waals surface area (Å²) >= 11 is 12.0. The van der Waals surface area contributed by atoms with Gasteiger partial charge in [0.2, 0.25) is 0 Å². The van der Waals surface area contributed by atoms with Gasteiger partial charge in [0.15, 0.2) is 0 Å². The summed E-state index contributed by atoms with van der Waals surface area (Å²) in [5.74, 6) is -0.513. The third-order valence-corrected chi connectivity index (χ3v) is 3.44. The largest absolute Gasteiger partial charge is 0.508 e. The van der Waals surface area contributed by atoms with Gasteiger partial charge in [-0.3, -0.25) is 4.79 Å². The zero-order valence-electron chi connectivity index (χ0n) is 11.2. The van der Waals surface area contributed by atoms with Gasteiger partial charge in [0.05, 0.1) is 0 Å². The molecule has 0 unspecified atom stereocenters. The van der Waals surface area contributed by atoms with Crippen molar-refractivity contribution in [3.05, 3.63) is 63.6 Å². The number of phenols is 1. The lowest BCUT2D eigenvalue weighted by Crippen LogP contribution is -2.13. The molecule has 2 N–H and O–H groups in total. The molecule has 0 aromatic heterocycles. The highest BCUT2D eigenvalue weighted by molar-refractivity contribution is 6.37. The first-order chi connectivity index (χ1) is 10.5. The van der Waals surface area contributed by atoms with Gasteiger partial charge in [-0.1, -0.05) is 29.3 Å². The number of phenolic OH excluding ortho intramolecular Hbond substituents is 1. The Morgan fingerprint density at radius 1 is 1.14 bits per heavy atom. The summed E-state index contributed by atoms with van der Waals surface area (Å²) < 4.78 is 0. The van der Waals surface area contributed by atoms with E-state index in [-0.39, 0.29) is 11.3 Å². The number of hydrogen-bond donors (Lipinski definition) is 2. The van der Waals surface area contributed by atoms with Crippen LogP contribution >= 0.6 is 23.2 Å². The normalized spacial score (nSPS) is 10.9. The van der Waals surface area contributed by atoms with Gasteiger partial charge in [0.25, 0.3) is 5.91 Å². The SMILES string of the molecule is N#C/C(=C/c1c(Cl)cccc1Cl)C(=O)Nc1ccc(O)cc1. The zero-order valence-corrected chi connectivity index (χ0v) is 12.7. The quantitative estimate of drug-likeness (QED) is 0.501. The molecule has 0 saturated carbocycles. The van der Waals surface area contributed by atoms with Crippen molar-refractivity contribution < 1.29 is 9.90 Å². The standard InChI is InChI=1S/C16H10Cl2N2O2/c17-14-2-1-3-15(18)13(14)8-10(9-19)16(22)20-11-4-6-12(21)7-5-11/h1-8,21H,(H,20,22)/b10-8-. The molecule has 0 radical (unpaired) electrons. The number of rotatable bonds is 3. The number of benzene rings is 2. The molecule has 2 aromatic carbocycles. The van der Waals surface area contributed by atoms with Crippen LogP contribution in [0.2, 0.25) is 10.0 Å². The molecule has 2 aromatic rings. The Kier molecular flexibility index (Phi) is 5.05. The Bertz CT molecular complexity index is 757. The van der Waals surface area contributed by atoms with Gasteiger partial charge in [-0.25, -0.2) is 0 Å². The van der Waals surface area contributed by atoms with Crippen LogP contribution in [0, 0.1) is 11.3 Å². The Hall–Kier alpha value is -2.48. The van der Waals surface area contributed by atoms with Gasteiger partial charge >= 0.3 is 0 Å². The lowest BCUT2D eigenvalue weighted by atomic mass is 10.1. The molecule has 0 heterocycles. The maximum Gasteiger partial charge on any atom is 0.266 e. The van der Waals surface area contributed by atoms with Crippen molar-refractivity contribution in [2.45, 2.75) is 0 Å². The second-order valence-corrected chi connectivity index (χ2v) is 5.12. The van der Waals surface area contributed by atoms with Crippen LogP contribution in [0.5, 0.6) is 5.75 Å². The molecule has 110 valence electrons. The molecule has 0 bridgehead atoms. The average Bonchev–Trinajstić information content (AvgIpc) is 2.49. The van der Waals surface area contributed by atoms with Gasteiger partial charge in [-0.15, -0.1) is 0 Å². The number of halogens is 2. The topological polar surface area (TPSA) is 73.1 Å². The lowest BCUT2D eigenvalue weighted by molar-refractivity contribution is -0.112. The fraction of sp³-hybridized carbons (Fsp3) is 0. The number of aromatic hydroxyl groups is 1. The van der Waals surface area contributed by atoms with Crippen molar-refractivity contribution in [1.29, 1.82) is 5.26 Å². The molecule has 0 saturated heterocycles. The first kappa shape index (κ1) is 15.9. The summed E-state index contributed by atoms with van der Waals surface area (Å²) in [5, 5.41) is 21.6. The van der Waals surface area contributed by atoms with Gasteiger partial charge in [0, 0.05) is 21.3 Å². The fourth-order valence-corrected chi connectivity index (χ4v) is 2.19. The van der Waals surface area contributed by atoms with Crippen LogP contribution in [0.15, 0.2) is 48.0 Å². The fourth-order valence-electron chi connectivity index (χ4n) is 1.68. The van der Waals surface area contributed by atoms with E-state index >= 15 is 0 Å². The second kappa shape index (κ2) is 6.99. The summed E-state index contributed by atoms with van der Waals surface area (Å²) in [4.78, 5) is 12.1. The highest BCUT2D eigenvalue weighted by Crippen LogP contribution is 2.27. The van der Waals surface area contributed by atoms with Crippen LogP contribution in [0.1, 0.15) is 5.56 Å². The number of carbonyl (C=O) groups is 1. The maximum atomic E-state index is 12.1. The minimum absolute atomic E-state index is 0.0805. The Labute approximate surface area is 137 Å². The van der Waals surface area contributed by atoms with E-state index < -0.39 is 5.91 Å². The van der Waals surface area contributed by atoms with E-state index in [1.54, 1.807) is 18.2 Å². The molecule has 0 aliphatic carbocycles. The highest BCUT2D eigenvalue weighted by atomic mass is 35.5. The van der Waals surface area contributed by atoms with Gasteiger partial charge < -0.3 is 10.4 Å². The van der Waals surface area contributed by atoms with E-state index in [1.807, 2.05) is 6.07 Å². The maximum absolute atomic E-state index is 12.1. The van der Waals surface area contributed by atoms with Crippen molar-refractivity contribution in [3.8, 4) is 11.8 Å². The van der Waals surface area contributed by atoms with E-state index in [0.29, 0.717) is 21.3 Å². The number of nitrogens with one attached hydrogen (secondary N) is 1.